The largest absolute Gasteiger partial charge is 0.352 e. The molecule has 0 aromatic heterocycles. The molecule has 0 bridgehead atoms. The quantitative estimate of drug-likeness (QED) is 0.240. The highest BCUT2D eigenvalue weighted by Gasteiger charge is 2.33. The van der Waals surface area contributed by atoms with E-state index in [-0.39, 0.29) is 29.3 Å². The molecule has 230 valence electrons. The average molecular weight is 645 g/mol. The van der Waals surface area contributed by atoms with Gasteiger partial charge in [-0.3, -0.25) is 13.9 Å². The lowest BCUT2D eigenvalue weighted by Crippen LogP contribution is -2.53. The first kappa shape index (κ1) is 32.8. The molecule has 1 fully saturated rings. The van der Waals surface area contributed by atoms with Crippen molar-refractivity contribution in [3.05, 3.63) is 94.0 Å². The summed E-state index contributed by atoms with van der Waals surface area (Å²) in [5, 5.41) is 3.90. The molecule has 1 saturated carbocycles. The number of carbonyl (C=O) groups excluding carboxylic acids is 2. The summed E-state index contributed by atoms with van der Waals surface area (Å²) in [5.41, 5.74) is 1.99. The number of hydrogen-bond donors (Lipinski definition) is 1. The number of amides is 2. The number of halogens is 2. The van der Waals surface area contributed by atoms with Gasteiger partial charge in [-0.25, -0.2) is 8.42 Å². The Kier molecular flexibility index (Phi) is 11.2. The van der Waals surface area contributed by atoms with Gasteiger partial charge in [0.1, 0.15) is 12.6 Å². The van der Waals surface area contributed by atoms with Gasteiger partial charge in [-0.05, 0) is 73.2 Å². The summed E-state index contributed by atoms with van der Waals surface area (Å²) in [7, 11) is -4.13. The monoisotopic (exact) mass is 643 g/mol. The van der Waals surface area contributed by atoms with Crippen LogP contribution in [0.5, 0.6) is 0 Å². The van der Waals surface area contributed by atoms with Crippen LogP contribution in [0.4, 0.5) is 5.69 Å². The van der Waals surface area contributed by atoms with Gasteiger partial charge in [0.2, 0.25) is 11.8 Å². The van der Waals surface area contributed by atoms with Gasteiger partial charge in [0.25, 0.3) is 10.0 Å². The van der Waals surface area contributed by atoms with Crippen molar-refractivity contribution in [1.82, 2.24) is 10.2 Å². The van der Waals surface area contributed by atoms with Crippen molar-refractivity contribution in [3.8, 4) is 0 Å². The highest BCUT2D eigenvalue weighted by Crippen LogP contribution is 2.28. The molecule has 7 nitrogen and oxygen atoms in total. The van der Waals surface area contributed by atoms with Crippen LogP contribution in [0.15, 0.2) is 77.7 Å². The standard InChI is InChI=1S/C33H39Cl2N3O4S/c1-23(2)25-15-18-29(19-16-25)38(43(41,42)30-12-8-5-9-13-30)22-32(39)37(21-26-14-17-27(34)20-31(26)35)24(3)33(40)36-28-10-6-4-7-11-28/h5,8-9,12-20,23-24,28H,4,6-7,10-11,21-22H2,1-3H3,(H,36,40)/t24-/m0/s1. The van der Waals surface area contributed by atoms with E-state index in [4.69, 9.17) is 23.2 Å². The number of nitrogens with zero attached hydrogens (tertiary/aromatic N) is 2. The molecule has 0 saturated heterocycles. The number of hydrogen-bond acceptors (Lipinski definition) is 4. The topological polar surface area (TPSA) is 86.8 Å². The van der Waals surface area contributed by atoms with Crippen LogP contribution in [0.2, 0.25) is 10.0 Å². The fraction of sp³-hybridized carbons (Fsp3) is 0.394. The van der Waals surface area contributed by atoms with Gasteiger partial charge in [-0.15, -0.1) is 0 Å². The zero-order valence-electron chi connectivity index (χ0n) is 24.8. The second kappa shape index (κ2) is 14.6. The summed E-state index contributed by atoms with van der Waals surface area (Å²) >= 11 is 12.6. The second-order valence-electron chi connectivity index (χ2n) is 11.3. The number of rotatable bonds is 11. The fourth-order valence-electron chi connectivity index (χ4n) is 5.26. The van der Waals surface area contributed by atoms with Crippen LogP contribution in [0.1, 0.15) is 69.9 Å². The molecule has 1 aliphatic rings. The molecule has 10 heteroatoms. The van der Waals surface area contributed by atoms with Crippen LogP contribution < -0.4 is 9.62 Å². The number of anilines is 1. The number of carbonyl (C=O) groups is 2. The molecule has 4 rings (SSSR count). The van der Waals surface area contributed by atoms with E-state index in [2.05, 4.69) is 19.2 Å². The lowest BCUT2D eigenvalue weighted by atomic mass is 9.95. The second-order valence-corrected chi connectivity index (χ2v) is 14.1. The Bertz CT molecular complexity index is 1510. The van der Waals surface area contributed by atoms with Gasteiger partial charge >= 0.3 is 0 Å². The van der Waals surface area contributed by atoms with E-state index in [0.29, 0.717) is 21.3 Å². The summed E-state index contributed by atoms with van der Waals surface area (Å²) in [6.07, 6.45) is 5.02. The molecule has 43 heavy (non-hydrogen) atoms. The lowest BCUT2D eigenvalue weighted by Gasteiger charge is -2.33. The molecule has 0 radical (unpaired) electrons. The van der Waals surface area contributed by atoms with Crippen molar-refractivity contribution in [2.75, 3.05) is 10.8 Å². The molecule has 0 heterocycles. The summed E-state index contributed by atoms with van der Waals surface area (Å²) in [6.45, 7) is 5.25. The minimum absolute atomic E-state index is 0.000396. The average Bonchev–Trinajstić information content (AvgIpc) is 3.00. The maximum absolute atomic E-state index is 14.2. The smallest absolute Gasteiger partial charge is 0.264 e. The van der Waals surface area contributed by atoms with Crippen LogP contribution in [-0.2, 0) is 26.2 Å². The van der Waals surface area contributed by atoms with E-state index in [0.717, 1.165) is 42.0 Å². The van der Waals surface area contributed by atoms with Crippen LogP contribution in [0.25, 0.3) is 0 Å². The Morgan fingerprint density at radius 3 is 2.16 bits per heavy atom. The minimum atomic E-state index is -4.13. The van der Waals surface area contributed by atoms with Gasteiger partial charge in [0.05, 0.1) is 10.6 Å². The molecular formula is C33H39Cl2N3O4S. The Morgan fingerprint density at radius 1 is 0.907 bits per heavy atom. The minimum Gasteiger partial charge on any atom is -0.352 e. The highest BCUT2D eigenvalue weighted by atomic mass is 35.5. The van der Waals surface area contributed by atoms with Crippen molar-refractivity contribution in [1.29, 1.82) is 0 Å². The molecule has 1 aliphatic carbocycles. The zero-order chi connectivity index (χ0) is 31.1. The Balaban J connectivity index is 1.69. The van der Waals surface area contributed by atoms with E-state index in [9.17, 15) is 18.0 Å². The third-order valence-corrected chi connectivity index (χ3v) is 10.3. The number of benzene rings is 3. The third-order valence-electron chi connectivity index (χ3n) is 7.93. The Morgan fingerprint density at radius 2 is 1.56 bits per heavy atom. The number of nitrogens with one attached hydrogen (secondary N) is 1. The zero-order valence-corrected chi connectivity index (χ0v) is 27.1. The van der Waals surface area contributed by atoms with Gasteiger partial charge in [-0.1, -0.05) is 92.7 Å². The first-order valence-electron chi connectivity index (χ1n) is 14.7. The van der Waals surface area contributed by atoms with Gasteiger partial charge in [-0.2, -0.15) is 0 Å². The molecule has 1 N–H and O–H groups in total. The van der Waals surface area contributed by atoms with Crippen molar-refractivity contribution in [2.45, 2.75) is 82.3 Å². The van der Waals surface area contributed by atoms with Crippen molar-refractivity contribution in [2.24, 2.45) is 0 Å². The molecule has 0 unspecified atom stereocenters. The highest BCUT2D eigenvalue weighted by molar-refractivity contribution is 7.92. The van der Waals surface area contributed by atoms with E-state index < -0.39 is 28.5 Å². The van der Waals surface area contributed by atoms with E-state index in [1.165, 1.54) is 17.0 Å². The summed E-state index contributed by atoms with van der Waals surface area (Å²) in [5.74, 6) is -0.577. The molecule has 0 aliphatic heterocycles. The van der Waals surface area contributed by atoms with Crippen molar-refractivity contribution >= 4 is 50.7 Å². The molecule has 0 spiro atoms. The van der Waals surface area contributed by atoms with Crippen molar-refractivity contribution < 1.29 is 18.0 Å². The van der Waals surface area contributed by atoms with E-state index >= 15 is 0 Å². The van der Waals surface area contributed by atoms with Crippen molar-refractivity contribution in [3.63, 3.8) is 0 Å². The fourth-order valence-corrected chi connectivity index (χ4v) is 7.16. The van der Waals surface area contributed by atoms with Gasteiger partial charge in [0, 0.05) is 22.6 Å². The summed E-state index contributed by atoms with van der Waals surface area (Å²) in [6, 6.07) is 19.3. The van der Waals surface area contributed by atoms with E-state index in [1.54, 1.807) is 55.5 Å². The maximum Gasteiger partial charge on any atom is 0.264 e. The van der Waals surface area contributed by atoms with Gasteiger partial charge < -0.3 is 10.2 Å². The first-order valence-corrected chi connectivity index (χ1v) is 16.9. The molecule has 1 atom stereocenters. The van der Waals surface area contributed by atoms with Crippen LogP contribution in [0.3, 0.4) is 0 Å². The van der Waals surface area contributed by atoms with Crippen LogP contribution in [0, 0.1) is 0 Å². The maximum atomic E-state index is 14.2. The summed E-state index contributed by atoms with van der Waals surface area (Å²) in [4.78, 5) is 29.1. The van der Waals surface area contributed by atoms with Gasteiger partial charge in [0.15, 0.2) is 0 Å². The van der Waals surface area contributed by atoms with Crippen LogP contribution >= 0.6 is 23.2 Å². The first-order chi connectivity index (χ1) is 20.5. The third kappa shape index (κ3) is 8.31. The predicted molar refractivity (Wildman–Crippen MR) is 173 cm³/mol. The number of sulfonamides is 1. The molecule has 3 aromatic rings. The van der Waals surface area contributed by atoms with Crippen LogP contribution in [-0.4, -0.2) is 43.8 Å². The lowest BCUT2D eigenvalue weighted by molar-refractivity contribution is -0.139. The molecule has 3 aromatic carbocycles. The van der Waals surface area contributed by atoms with E-state index in [1.807, 2.05) is 12.1 Å². The SMILES string of the molecule is CC(C)c1ccc(N(CC(=O)N(Cc2ccc(Cl)cc2Cl)[C@@H](C)C(=O)NC2CCCCC2)S(=O)(=O)c2ccccc2)cc1. The molecule has 2 amide bonds. The normalized spacial score (nSPS) is 14.7. The Hall–Kier alpha value is -3.07. The predicted octanol–water partition coefficient (Wildman–Crippen LogP) is 7.18. The Labute approximate surface area is 265 Å². The molecular weight excluding hydrogens is 605 g/mol. The summed E-state index contributed by atoms with van der Waals surface area (Å²) < 4.78 is 29.0.